The highest BCUT2D eigenvalue weighted by Gasteiger charge is 2.34. The van der Waals surface area contributed by atoms with Crippen LogP contribution in [0.5, 0.6) is 0 Å². The molecule has 1 aliphatic carbocycles. The molecule has 1 aliphatic rings. The second-order valence-electron chi connectivity index (χ2n) is 4.95. The second kappa shape index (κ2) is 6.51. The fourth-order valence-electron chi connectivity index (χ4n) is 2.58. The molecule has 1 aromatic rings. The van der Waals surface area contributed by atoms with Gasteiger partial charge < -0.3 is 10.1 Å². The van der Waals surface area contributed by atoms with Crippen molar-refractivity contribution in [2.24, 2.45) is 0 Å². The van der Waals surface area contributed by atoms with Crippen LogP contribution < -0.4 is 5.32 Å². The second-order valence-corrected chi connectivity index (χ2v) is 5.36. The Kier molecular flexibility index (Phi) is 4.97. The van der Waals surface area contributed by atoms with Crippen LogP contribution in [0.2, 0.25) is 5.02 Å². The monoisotopic (exact) mass is 283 g/mol. The molecule has 0 atom stereocenters. The molecular weight excluding hydrogens is 265 g/mol. The first-order valence-electron chi connectivity index (χ1n) is 6.48. The molecule has 1 aromatic carbocycles. The third kappa shape index (κ3) is 3.35. The van der Waals surface area contributed by atoms with Crippen LogP contribution in [0.25, 0.3) is 0 Å². The SMILES string of the molecule is COCCNCC1(c2ccc(F)cc2Cl)CC=CC1. The van der Waals surface area contributed by atoms with Crippen LogP contribution in [0.3, 0.4) is 0 Å². The van der Waals surface area contributed by atoms with Gasteiger partial charge in [-0.1, -0.05) is 29.8 Å². The molecule has 4 heteroatoms. The van der Waals surface area contributed by atoms with Gasteiger partial charge in [0, 0.05) is 30.6 Å². The van der Waals surface area contributed by atoms with Crippen molar-refractivity contribution in [3.63, 3.8) is 0 Å². The molecule has 2 rings (SSSR count). The van der Waals surface area contributed by atoms with E-state index >= 15 is 0 Å². The van der Waals surface area contributed by atoms with E-state index < -0.39 is 0 Å². The summed E-state index contributed by atoms with van der Waals surface area (Å²) in [6.45, 7) is 2.30. The molecule has 0 aromatic heterocycles. The highest BCUT2D eigenvalue weighted by atomic mass is 35.5. The molecule has 0 bridgehead atoms. The molecule has 2 nitrogen and oxygen atoms in total. The maximum atomic E-state index is 13.2. The highest BCUT2D eigenvalue weighted by molar-refractivity contribution is 6.31. The summed E-state index contributed by atoms with van der Waals surface area (Å²) in [4.78, 5) is 0. The van der Waals surface area contributed by atoms with Gasteiger partial charge in [0.15, 0.2) is 0 Å². The molecule has 0 spiro atoms. The number of halogens is 2. The van der Waals surface area contributed by atoms with E-state index in [1.807, 2.05) is 6.07 Å². The van der Waals surface area contributed by atoms with Crippen molar-refractivity contribution < 1.29 is 9.13 Å². The first kappa shape index (κ1) is 14.5. The summed E-state index contributed by atoms with van der Waals surface area (Å²) in [5.74, 6) is -0.290. The number of hydrogen-bond acceptors (Lipinski definition) is 2. The van der Waals surface area contributed by atoms with E-state index in [0.717, 1.165) is 31.5 Å². The minimum absolute atomic E-state index is 0.0570. The summed E-state index contributed by atoms with van der Waals surface area (Å²) in [6, 6.07) is 4.69. The minimum atomic E-state index is -0.290. The van der Waals surface area contributed by atoms with Crippen LogP contribution in [0.1, 0.15) is 18.4 Å². The van der Waals surface area contributed by atoms with Gasteiger partial charge in [-0.15, -0.1) is 0 Å². The molecule has 0 heterocycles. The van der Waals surface area contributed by atoms with Gasteiger partial charge in [-0.05, 0) is 30.5 Å². The first-order valence-corrected chi connectivity index (χ1v) is 6.86. The summed E-state index contributed by atoms with van der Waals surface area (Å²) in [5, 5.41) is 3.90. The van der Waals surface area contributed by atoms with Gasteiger partial charge in [-0.2, -0.15) is 0 Å². The molecule has 0 unspecified atom stereocenters. The average Bonchev–Trinajstić information content (AvgIpc) is 2.84. The van der Waals surface area contributed by atoms with E-state index in [2.05, 4.69) is 17.5 Å². The zero-order valence-corrected chi connectivity index (χ0v) is 11.8. The Bertz CT molecular complexity index is 453. The number of methoxy groups -OCH3 is 1. The number of hydrogen-bond donors (Lipinski definition) is 1. The average molecular weight is 284 g/mol. The van der Waals surface area contributed by atoms with Crippen molar-refractivity contribution >= 4 is 11.6 Å². The third-order valence-corrected chi connectivity index (χ3v) is 3.95. The Morgan fingerprint density at radius 3 is 2.74 bits per heavy atom. The summed E-state index contributed by atoms with van der Waals surface area (Å²) in [5.41, 5.74) is 0.962. The molecule has 0 amide bonds. The largest absolute Gasteiger partial charge is 0.383 e. The highest BCUT2D eigenvalue weighted by Crippen LogP contribution is 2.40. The van der Waals surface area contributed by atoms with E-state index in [4.69, 9.17) is 16.3 Å². The zero-order valence-electron chi connectivity index (χ0n) is 11.1. The van der Waals surface area contributed by atoms with Crippen molar-refractivity contribution in [2.75, 3.05) is 26.8 Å². The predicted molar refractivity (Wildman–Crippen MR) is 76.2 cm³/mol. The van der Waals surface area contributed by atoms with Gasteiger partial charge in [0.05, 0.1) is 6.61 Å². The van der Waals surface area contributed by atoms with Crippen LogP contribution in [0, 0.1) is 5.82 Å². The van der Waals surface area contributed by atoms with Crippen molar-refractivity contribution in [3.05, 3.63) is 46.8 Å². The van der Waals surface area contributed by atoms with Crippen LogP contribution in [-0.2, 0) is 10.2 Å². The molecule has 104 valence electrons. The zero-order chi connectivity index (χ0) is 13.7. The lowest BCUT2D eigenvalue weighted by Crippen LogP contribution is -2.37. The van der Waals surface area contributed by atoms with Crippen molar-refractivity contribution in [1.29, 1.82) is 0 Å². The van der Waals surface area contributed by atoms with Gasteiger partial charge in [0.25, 0.3) is 0 Å². The van der Waals surface area contributed by atoms with Gasteiger partial charge >= 0.3 is 0 Å². The number of ether oxygens (including phenoxy) is 1. The molecular formula is C15H19ClFNO. The molecule has 0 fully saturated rings. The Morgan fingerprint density at radius 1 is 1.37 bits per heavy atom. The third-order valence-electron chi connectivity index (χ3n) is 3.63. The van der Waals surface area contributed by atoms with Crippen molar-refractivity contribution in [3.8, 4) is 0 Å². The van der Waals surface area contributed by atoms with Crippen LogP contribution in [-0.4, -0.2) is 26.8 Å². The topological polar surface area (TPSA) is 21.3 Å². The number of nitrogens with one attached hydrogen (secondary N) is 1. The molecule has 0 radical (unpaired) electrons. The smallest absolute Gasteiger partial charge is 0.124 e. The van der Waals surface area contributed by atoms with E-state index in [1.54, 1.807) is 7.11 Å². The quantitative estimate of drug-likeness (QED) is 0.639. The maximum Gasteiger partial charge on any atom is 0.124 e. The molecule has 1 N–H and O–H groups in total. The van der Waals surface area contributed by atoms with Gasteiger partial charge in [0.2, 0.25) is 0 Å². The molecule has 0 aliphatic heterocycles. The lowest BCUT2D eigenvalue weighted by molar-refractivity contribution is 0.196. The van der Waals surface area contributed by atoms with E-state index in [-0.39, 0.29) is 11.2 Å². The Balaban J connectivity index is 2.14. The van der Waals surface area contributed by atoms with E-state index in [1.165, 1.54) is 12.1 Å². The number of benzene rings is 1. The summed E-state index contributed by atoms with van der Waals surface area (Å²) < 4.78 is 18.2. The van der Waals surface area contributed by atoms with E-state index in [0.29, 0.717) is 11.6 Å². The first-order chi connectivity index (χ1) is 9.18. The van der Waals surface area contributed by atoms with Gasteiger partial charge in [-0.3, -0.25) is 0 Å². The Morgan fingerprint density at radius 2 is 2.11 bits per heavy atom. The summed E-state index contributed by atoms with van der Waals surface area (Å²) in [7, 11) is 1.69. The van der Waals surface area contributed by atoms with Crippen molar-refractivity contribution in [2.45, 2.75) is 18.3 Å². The van der Waals surface area contributed by atoms with Gasteiger partial charge in [-0.25, -0.2) is 4.39 Å². The molecule has 0 saturated carbocycles. The maximum absolute atomic E-state index is 13.2. The van der Waals surface area contributed by atoms with Crippen LogP contribution in [0.15, 0.2) is 30.4 Å². The molecule has 19 heavy (non-hydrogen) atoms. The predicted octanol–water partition coefficient (Wildman–Crippen LogP) is 3.30. The summed E-state index contributed by atoms with van der Waals surface area (Å²) >= 11 is 6.22. The Hall–Kier alpha value is -0.900. The van der Waals surface area contributed by atoms with Crippen LogP contribution >= 0.6 is 11.6 Å². The van der Waals surface area contributed by atoms with Crippen molar-refractivity contribution in [1.82, 2.24) is 5.32 Å². The number of allylic oxidation sites excluding steroid dienone is 2. The standard InChI is InChI=1S/C15H19ClFNO/c1-19-9-8-18-11-15(6-2-3-7-15)13-5-4-12(17)10-14(13)16/h2-5,10,18H,6-9,11H2,1H3. The fourth-order valence-corrected chi connectivity index (χ4v) is 2.95. The van der Waals surface area contributed by atoms with E-state index in [9.17, 15) is 4.39 Å². The lowest BCUT2D eigenvalue weighted by Gasteiger charge is -2.31. The van der Waals surface area contributed by atoms with Gasteiger partial charge in [0.1, 0.15) is 5.82 Å². The fraction of sp³-hybridized carbons (Fsp3) is 0.467. The molecule has 0 saturated heterocycles. The van der Waals surface area contributed by atoms with Crippen LogP contribution in [0.4, 0.5) is 4.39 Å². The Labute approximate surface area is 118 Å². The number of rotatable bonds is 6. The summed E-state index contributed by atoms with van der Waals surface area (Å²) in [6.07, 6.45) is 6.19. The minimum Gasteiger partial charge on any atom is -0.383 e. The normalized spacial score (nSPS) is 17.0. The lowest BCUT2D eigenvalue weighted by atomic mass is 9.78.